The van der Waals surface area contributed by atoms with E-state index in [2.05, 4.69) is 9.97 Å². The molecule has 2 aromatic heterocycles. The zero-order chi connectivity index (χ0) is 7.84. The maximum Gasteiger partial charge on any atom is 0.279 e. The first-order valence-electron chi connectivity index (χ1n) is 2.87. The monoisotopic (exact) mass is 189 g/mol. The zero-order valence-electron chi connectivity index (χ0n) is 5.29. The molecular weight excluding hydrogens is 187 g/mol. The van der Waals surface area contributed by atoms with Gasteiger partial charge in [0.05, 0.1) is 0 Å². The molecule has 0 fully saturated rings. The predicted molar refractivity (Wildman–Crippen MR) is 43.5 cm³/mol. The minimum absolute atomic E-state index is 0.214. The van der Waals surface area contributed by atoms with Gasteiger partial charge < -0.3 is 0 Å². The fraction of sp³-hybridized carbons (Fsp3) is 0. The third kappa shape index (κ3) is 0.985. The van der Waals surface area contributed by atoms with Gasteiger partial charge in [-0.15, -0.1) is 0 Å². The number of hydrogen-bond acceptors (Lipinski definition) is 2. The van der Waals surface area contributed by atoms with E-state index >= 15 is 0 Å². The highest BCUT2D eigenvalue weighted by atomic mass is 35.5. The lowest BCUT2D eigenvalue weighted by Gasteiger charge is -1.83. The maximum absolute atomic E-state index is 13.0. The average Bonchev–Trinajstić information content (AvgIpc) is 2.34. The molecule has 0 saturated carbocycles. The van der Waals surface area contributed by atoms with Crippen molar-refractivity contribution in [1.29, 1.82) is 0 Å². The van der Waals surface area contributed by atoms with Gasteiger partial charge in [0, 0.05) is 9.95 Å². The first-order chi connectivity index (χ1) is 5.29. The van der Waals surface area contributed by atoms with Crippen LogP contribution in [0.5, 0.6) is 0 Å². The average molecular weight is 190 g/mol. The highest BCUT2D eigenvalue weighted by Crippen LogP contribution is 2.34. The van der Waals surface area contributed by atoms with Crippen LogP contribution < -0.4 is 0 Å². The molecular formula is C6H3ClFN2S+. The minimum Gasteiger partial charge on any atom is -0.231 e. The van der Waals surface area contributed by atoms with Crippen LogP contribution in [-0.4, -0.2) is 9.97 Å². The molecule has 0 aliphatic carbocycles. The molecule has 0 aliphatic heterocycles. The van der Waals surface area contributed by atoms with E-state index < -0.39 is 10.9 Å². The van der Waals surface area contributed by atoms with Crippen LogP contribution in [-0.2, 0) is 0 Å². The van der Waals surface area contributed by atoms with Gasteiger partial charge in [-0.05, 0) is 0 Å². The van der Waals surface area contributed by atoms with E-state index in [9.17, 15) is 3.89 Å². The standard InChI is InChI=1S/C6H3ClFN2S/c7-6-5-4(9-3-10-6)1-2-11(5)8/h1-3H/q+1. The Bertz CT molecular complexity index is 400. The van der Waals surface area contributed by atoms with Crippen LogP contribution in [0, 0.1) is 0 Å². The molecule has 0 bridgehead atoms. The van der Waals surface area contributed by atoms with Crippen molar-refractivity contribution >= 4 is 32.7 Å². The van der Waals surface area contributed by atoms with Gasteiger partial charge in [0.2, 0.25) is 10.9 Å². The Kier molecular flexibility index (Phi) is 1.51. The van der Waals surface area contributed by atoms with E-state index in [0.29, 0.717) is 10.2 Å². The summed E-state index contributed by atoms with van der Waals surface area (Å²) in [6.45, 7) is 0. The second-order valence-electron chi connectivity index (χ2n) is 1.97. The Hall–Kier alpha value is -0.740. The topological polar surface area (TPSA) is 25.8 Å². The summed E-state index contributed by atoms with van der Waals surface area (Å²) in [6, 6.07) is 1.62. The number of halogens is 2. The molecule has 0 spiro atoms. The second-order valence-corrected chi connectivity index (χ2v) is 3.57. The Morgan fingerprint density at radius 2 is 2.27 bits per heavy atom. The van der Waals surface area contributed by atoms with Crippen LogP contribution in [0.1, 0.15) is 0 Å². The highest BCUT2D eigenvalue weighted by molar-refractivity contribution is 7.31. The van der Waals surface area contributed by atoms with Crippen LogP contribution in [0.3, 0.4) is 0 Å². The van der Waals surface area contributed by atoms with Gasteiger partial charge in [0.25, 0.3) is 4.70 Å². The van der Waals surface area contributed by atoms with E-state index in [1.54, 1.807) is 6.07 Å². The van der Waals surface area contributed by atoms with E-state index in [4.69, 9.17) is 11.6 Å². The van der Waals surface area contributed by atoms with Crippen molar-refractivity contribution in [2.75, 3.05) is 0 Å². The summed E-state index contributed by atoms with van der Waals surface area (Å²) in [7, 11) is -1.40. The lowest BCUT2D eigenvalue weighted by Crippen LogP contribution is -1.77. The first-order valence-corrected chi connectivity index (χ1v) is 4.43. The van der Waals surface area contributed by atoms with Crippen LogP contribution in [0.2, 0.25) is 5.15 Å². The van der Waals surface area contributed by atoms with Crippen LogP contribution >= 0.6 is 22.5 Å². The molecule has 5 heteroatoms. The van der Waals surface area contributed by atoms with Crippen molar-refractivity contribution in [3.8, 4) is 0 Å². The molecule has 0 N–H and O–H groups in total. The quantitative estimate of drug-likeness (QED) is 0.471. The summed E-state index contributed by atoms with van der Waals surface area (Å²) in [5.41, 5.74) is 0.593. The van der Waals surface area contributed by atoms with Gasteiger partial charge in [-0.1, -0.05) is 11.6 Å². The molecule has 2 nitrogen and oxygen atoms in total. The molecule has 0 aliphatic rings. The molecule has 1 unspecified atom stereocenters. The summed E-state index contributed by atoms with van der Waals surface area (Å²) in [4.78, 5) is 7.54. The lowest BCUT2D eigenvalue weighted by atomic mass is 10.5. The third-order valence-electron chi connectivity index (χ3n) is 1.33. The number of fused-ring (bicyclic) bond motifs is 1. The van der Waals surface area contributed by atoms with E-state index in [-0.39, 0.29) is 5.15 Å². The third-order valence-corrected chi connectivity index (χ3v) is 2.89. The van der Waals surface area contributed by atoms with Crippen molar-refractivity contribution in [3.63, 3.8) is 0 Å². The van der Waals surface area contributed by atoms with Crippen molar-refractivity contribution in [2.24, 2.45) is 0 Å². The summed E-state index contributed by atoms with van der Waals surface area (Å²) in [5.74, 6) is 0. The number of thiophene rings is 1. The van der Waals surface area contributed by atoms with Crippen LogP contribution in [0.25, 0.3) is 10.2 Å². The van der Waals surface area contributed by atoms with Crippen LogP contribution in [0.4, 0.5) is 3.89 Å². The van der Waals surface area contributed by atoms with E-state index in [1.807, 2.05) is 0 Å². The first kappa shape index (κ1) is 6.94. The fourth-order valence-electron chi connectivity index (χ4n) is 0.856. The summed E-state index contributed by atoms with van der Waals surface area (Å²) in [5, 5.41) is 1.65. The number of nitrogens with zero attached hydrogens (tertiary/aromatic N) is 2. The van der Waals surface area contributed by atoms with Gasteiger partial charge in [0.1, 0.15) is 11.8 Å². The molecule has 0 aromatic carbocycles. The zero-order valence-corrected chi connectivity index (χ0v) is 6.86. The van der Waals surface area contributed by atoms with Crippen molar-refractivity contribution in [1.82, 2.24) is 9.97 Å². The van der Waals surface area contributed by atoms with Crippen molar-refractivity contribution in [2.45, 2.75) is 0 Å². The van der Waals surface area contributed by atoms with Gasteiger partial charge in [0.15, 0.2) is 10.5 Å². The second kappa shape index (κ2) is 2.39. The molecule has 0 saturated heterocycles. The van der Waals surface area contributed by atoms with Gasteiger partial charge in [-0.2, -0.15) is 0 Å². The van der Waals surface area contributed by atoms with E-state index in [1.165, 1.54) is 11.7 Å². The summed E-state index contributed by atoms with van der Waals surface area (Å²) >= 11 is 5.64. The predicted octanol–water partition coefficient (Wildman–Crippen LogP) is 2.76. The molecule has 56 valence electrons. The Labute approximate surface area is 69.9 Å². The normalized spacial score (nSPS) is 12.4. The van der Waals surface area contributed by atoms with Crippen LogP contribution in [0.15, 0.2) is 17.8 Å². The molecule has 1 atom stereocenters. The largest absolute Gasteiger partial charge is 0.279 e. The molecule has 0 radical (unpaired) electrons. The van der Waals surface area contributed by atoms with Gasteiger partial charge >= 0.3 is 0 Å². The van der Waals surface area contributed by atoms with Crippen molar-refractivity contribution < 1.29 is 3.89 Å². The van der Waals surface area contributed by atoms with E-state index in [0.717, 1.165) is 0 Å². The molecule has 2 rings (SSSR count). The Morgan fingerprint density at radius 3 is 3.00 bits per heavy atom. The maximum atomic E-state index is 13.0. The van der Waals surface area contributed by atoms with Gasteiger partial charge in [-0.3, -0.25) is 0 Å². The molecule has 0 amide bonds. The summed E-state index contributed by atoms with van der Waals surface area (Å²) in [6.07, 6.45) is 1.33. The Balaban J connectivity index is 2.96. The molecule has 2 aromatic rings. The SMILES string of the molecule is F[s+]1ccc2ncnc(Cl)c21. The Morgan fingerprint density at radius 1 is 1.45 bits per heavy atom. The number of aromatic nitrogens is 2. The minimum atomic E-state index is -1.40. The smallest absolute Gasteiger partial charge is 0.231 e. The lowest BCUT2D eigenvalue weighted by molar-refractivity contribution is 0.917. The fourth-order valence-corrected chi connectivity index (χ4v) is 2.14. The number of hydrogen-bond donors (Lipinski definition) is 0. The van der Waals surface area contributed by atoms with Gasteiger partial charge in [-0.25, -0.2) is 9.97 Å². The van der Waals surface area contributed by atoms with Crippen molar-refractivity contribution in [3.05, 3.63) is 22.9 Å². The number of rotatable bonds is 0. The summed E-state index contributed by atoms with van der Waals surface area (Å²) < 4.78 is 13.4. The molecule has 11 heavy (non-hydrogen) atoms. The highest BCUT2D eigenvalue weighted by Gasteiger charge is 2.17. The molecule has 2 heterocycles.